The van der Waals surface area contributed by atoms with Gasteiger partial charge in [-0.2, -0.15) is 18.4 Å². The number of nitro benzene ring substituents is 1. The second-order valence-electron chi connectivity index (χ2n) is 7.80. The molecule has 196 valence electrons. The Hall–Kier alpha value is -4.37. The van der Waals surface area contributed by atoms with E-state index in [2.05, 4.69) is 21.2 Å². The zero-order chi connectivity index (χ0) is 28.0. The van der Waals surface area contributed by atoms with E-state index in [-0.39, 0.29) is 28.2 Å². The highest BCUT2D eigenvalue weighted by Crippen LogP contribution is 2.44. The van der Waals surface area contributed by atoms with Gasteiger partial charge in [-0.05, 0) is 83.4 Å². The Bertz CT molecular complexity index is 1470. The normalized spacial score (nSPS) is 11.4. The fourth-order valence-corrected chi connectivity index (χ4v) is 3.84. The van der Waals surface area contributed by atoms with Crippen molar-refractivity contribution in [2.45, 2.75) is 20.0 Å². The summed E-state index contributed by atoms with van der Waals surface area (Å²) in [6.45, 7) is 3.66. The second-order valence-corrected chi connectivity index (χ2v) is 8.65. The molecular weight excluding hydrogens is 571 g/mol. The molecule has 0 aliphatic rings. The molecule has 3 aromatic carbocycles. The van der Waals surface area contributed by atoms with E-state index in [1.54, 1.807) is 25.1 Å². The van der Waals surface area contributed by atoms with E-state index >= 15 is 0 Å². The van der Waals surface area contributed by atoms with Gasteiger partial charge in [0.2, 0.25) is 5.75 Å². The lowest BCUT2D eigenvalue weighted by Crippen LogP contribution is -2.13. The summed E-state index contributed by atoms with van der Waals surface area (Å²) in [6.07, 6.45) is -3.47. The van der Waals surface area contributed by atoms with E-state index in [0.717, 1.165) is 11.6 Å². The van der Waals surface area contributed by atoms with E-state index in [9.17, 15) is 33.3 Å². The third-order valence-corrected chi connectivity index (χ3v) is 5.57. The molecule has 0 saturated heterocycles. The lowest BCUT2D eigenvalue weighted by Gasteiger charge is -2.15. The third-order valence-electron chi connectivity index (χ3n) is 4.98. The Morgan fingerprint density at radius 3 is 2.53 bits per heavy atom. The van der Waals surface area contributed by atoms with Crippen LogP contribution in [0.4, 0.5) is 24.5 Å². The van der Waals surface area contributed by atoms with Crippen molar-refractivity contribution in [3.8, 4) is 23.3 Å². The van der Waals surface area contributed by atoms with Gasteiger partial charge < -0.3 is 14.8 Å². The molecule has 0 heterocycles. The fraction of sp³-hybridized carbons (Fsp3) is 0.154. The second kappa shape index (κ2) is 11.8. The van der Waals surface area contributed by atoms with Crippen molar-refractivity contribution >= 4 is 39.3 Å². The highest BCUT2D eigenvalue weighted by atomic mass is 79.9. The van der Waals surface area contributed by atoms with Crippen LogP contribution in [0.25, 0.3) is 6.08 Å². The number of nitro groups is 1. The van der Waals surface area contributed by atoms with Crippen LogP contribution in [0.1, 0.15) is 23.6 Å². The minimum atomic E-state index is -4.78. The Morgan fingerprint density at radius 1 is 1.18 bits per heavy atom. The van der Waals surface area contributed by atoms with Gasteiger partial charge in [0.15, 0.2) is 11.5 Å². The number of hydrogen-bond acceptors (Lipinski definition) is 6. The number of nitriles is 1. The maximum Gasteiger partial charge on any atom is 0.416 e. The van der Waals surface area contributed by atoms with Crippen molar-refractivity contribution < 1.29 is 32.4 Å². The van der Waals surface area contributed by atoms with Gasteiger partial charge in [-0.3, -0.25) is 14.9 Å². The molecule has 8 nitrogen and oxygen atoms in total. The van der Waals surface area contributed by atoms with Gasteiger partial charge in [0.1, 0.15) is 11.6 Å². The number of carbonyl (C=O) groups excluding carboxylic acids is 1. The van der Waals surface area contributed by atoms with Crippen LogP contribution in [0.15, 0.2) is 64.6 Å². The molecule has 3 rings (SSSR count). The van der Waals surface area contributed by atoms with Gasteiger partial charge in [0.05, 0.1) is 21.6 Å². The zero-order valence-electron chi connectivity index (χ0n) is 19.9. The summed E-state index contributed by atoms with van der Waals surface area (Å²) in [5, 5.41) is 23.6. The SMILES string of the molecule is CCOc1cc(/C=C(\C#N)C(=O)Nc2cccc(C)c2)cc(Br)c1Oc1ccc(C(F)(F)F)cc1[N+](=O)[O-]. The molecular formula is C26H19BrF3N3O5. The number of amides is 1. The lowest BCUT2D eigenvalue weighted by molar-refractivity contribution is -0.385. The van der Waals surface area contributed by atoms with Gasteiger partial charge >= 0.3 is 11.9 Å². The minimum Gasteiger partial charge on any atom is -0.490 e. The first-order valence-corrected chi connectivity index (χ1v) is 11.7. The standard InChI is InChI=1S/C26H19BrF3N3O5/c1-3-37-23-12-16(10-17(14-31)25(34)32-19-6-4-5-15(2)9-19)11-20(27)24(23)38-22-8-7-18(26(28,29)30)13-21(22)33(35)36/h4-13H,3H2,1-2H3,(H,32,34)/b17-10+. The van der Waals surface area contributed by atoms with Gasteiger partial charge in [0, 0.05) is 11.8 Å². The Kier molecular flexibility index (Phi) is 8.75. The highest BCUT2D eigenvalue weighted by Gasteiger charge is 2.33. The van der Waals surface area contributed by atoms with E-state index < -0.39 is 34.0 Å². The maximum atomic E-state index is 13.0. The summed E-state index contributed by atoms with van der Waals surface area (Å²) in [7, 11) is 0. The van der Waals surface area contributed by atoms with Crippen LogP contribution in [-0.4, -0.2) is 17.4 Å². The first-order chi connectivity index (χ1) is 17.9. The highest BCUT2D eigenvalue weighted by molar-refractivity contribution is 9.10. The molecule has 0 fully saturated rings. The van der Waals surface area contributed by atoms with Crippen molar-refractivity contribution in [3.05, 3.63) is 91.4 Å². The van der Waals surface area contributed by atoms with Crippen molar-refractivity contribution in [2.75, 3.05) is 11.9 Å². The van der Waals surface area contributed by atoms with Crippen molar-refractivity contribution in [1.29, 1.82) is 5.26 Å². The minimum absolute atomic E-state index is 0.0467. The number of hydrogen-bond donors (Lipinski definition) is 1. The fourth-order valence-electron chi connectivity index (χ4n) is 3.30. The van der Waals surface area contributed by atoms with Crippen LogP contribution in [0.3, 0.4) is 0 Å². The summed E-state index contributed by atoms with van der Waals surface area (Å²) in [5.74, 6) is -1.07. The molecule has 0 saturated carbocycles. The van der Waals surface area contributed by atoms with Gasteiger partial charge in [0.25, 0.3) is 5.91 Å². The number of benzene rings is 3. The average Bonchev–Trinajstić information content (AvgIpc) is 2.84. The summed E-state index contributed by atoms with van der Waals surface area (Å²) >= 11 is 3.28. The van der Waals surface area contributed by atoms with Crippen LogP contribution >= 0.6 is 15.9 Å². The molecule has 3 aromatic rings. The van der Waals surface area contributed by atoms with Crippen LogP contribution < -0.4 is 14.8 Å². The average molecular weight is 590 g/mol. The molecule has 38 heavy (non-hydrogen) atoms. The zero-order valence-corrected chi connectivity index (χ0v) is 21.5. The quantitative estimate of drug-likeness (QED) is 0.126. The summed E-state index contributed by atoms with van der Waals surface area (Å²) < 4.78 is 50.6. The topological polar surface area (TPSA) is 114 Å². The number of nitrogens with zero attached hydrogens (tertiary/aromatic N) is 2. The Labute approximate surface area is 223 Å². The molecule has 1 N–H and O–H groups in total. The van der Waals surface area contributed by atoms with Gasteiger partial charge in [-0.25, -0.2) is 0 Å². The predicted octanol–water partition coefficient (Wildman–Crippen LogP) is 7.42. The molecule has 0 atom stereocenters. The first kappa shape index (κ1) is 28.2. The molecule has 1 amide bonds. The largest absolute Gasteiger partial charge is 0.490 e. The van der Waals surface area contributed by atoms with E-state index in [0.29, 0.717) is 23.4 Å². The predicted molar refractivity (Wildman–Crippen MR) is 137 cm³/mol. The smallest absolute Gasteiger partial charge is 0.416 e. The van der Waals surface area contributed by atoms with Crippen LogP contribution in [-0.2, 0) is 11.0 Å². The molecule has 0 spiro atoms. The first-order valence-electron chi connectivity index (χ1n) is 10.9. The van der Waals surface area contributed by atoms with Crippen LogP contribution in [0.5, 0.6) is 17.2 Å². The number of aryl methyl sites for hydroxylation is 1. The summed E-state index contributed by atoms with van der Waals surface area (Å²) in [5.41, 5.74) is -0.529. The number of carbonyl (C=O) groups is 1. The van der Waals surface area contributed by atoms with Gasteiger partial charge in [-0.15, -0.1) is 0 Å². The Morgan fingerprint density at radius 2 is 1.92 bits per heavy atom. The number of halogens is 4. The van der Waals surface area contributed by atoms with Crippen molar-refractivity contribution in [2.24, 2.45) is 0 Å². The molecule has 12 heteroatoms. The number of nitrogens with one attached hydrogen (secondary N) is 1. The lowest BCUT2D eigenvalue weighted by atomic mass is 10.1. The number of rotatable bonds is 8. The van der Waals surface area contributed by atoms with Crippen molar-refractivity contribution in [3.63, 3.8) is 0 Å². The van der Waals surface area contributed by atoms with Gasteiger partial charge in [-0.1, -0.05) is 12.1 Å². The molecule has 0 aliphatic heterocycles. The van der Waals surface area contributed by atoms with E-state index in [1.807, 2.05) is 19.1 Å². The maximum absolute atomic E-state index is 13.0. The van der Waals surface area contributed by atoms with E-state index in [1.165, 1.54) is 18.2 Å². The summed E-state index contributed by atoms with van der Waals surface area (Å²) in [6, 6.07) is 13.7. The number of anilines is 1. The third kappa shape index (κ3) is 6.89. The molecule has 0 aromatic heterocycles. The van der Waals surface area contributed by atoms with Crippen LogP contribution in [0.2, 0.25) is 0 Å². The summed E-state index contributed by atoms with van der Waals surface area (Å²) in [4.78, 5) is 23.1. The molecule has 0 unspecified atom stereocenters. The Balaban J connectivity index is 1.98. The monoisotopic (exact) mass is 589 g/mol. The molecule has 0 radical (unpaired) electrons. The number of alkyl halides is 3. The van der Waals surface area contributed by atoms with Crippen LogP contribution in [0, 0.1) is 28.4 Å². The number of ether oxygens (including phenoxy) is 2. The van der Waals surface area contributed by atoms with Crippen molar-refractivity contribution in [1.82, 2.24) is 0 Å². The molecule has 0 bridgehead atoms. The molecule has 0 aliphatic carbocycles. The van der Waals surface area contributed by atoms with E-state index in [4.69, 9.17) is 9.47 Å².